The molecule has 1 aromatic rings. The molecule has 0 saturated carbocycles. The number of hydrogen-bond donors (Lipinski definition) is 1. The van der Waals surface area contributed by atoms with Gasteiger partial charge in [-0.1, -0.05) is 12.1 Å². The van der Waals surface area contributed by atoms with Gasteiger partial charge < -0.3 is 15.2 Å². The molecule has 0 bridgehead atoms. The largest absolute Gasteiger partial charge is 0.478 e. The van der Waals surface area contributed by atoms with Crippen molar-refractivity contribution in [2.24, 2.45) is 5.73 Å². The average molecular weight is 316 g/mol. The summed E-state index contributed by atoms with van der Waals surface area (Å²) in [5.74, 6) is 0.241. The highest BCUT2D eigenvalue weighted by Crippen LogP contribution is 2.30. The van der Waals surface area contributed by atoms with Crippen molar-refractivity contribution in [2.75, 3.05) is 7.11 Å². The maximum Gasteiger partial charge on any atom is 0.346 e. The maximum atomic E-state index is 11.4. The van der Waals surface area contributed by atoms with E-state index in [2.05, 4.69) is 20.7 Å². The second-order valence-corrected chi connectivity index (χ2v) is 5.05. The van der Waals surface area contributed by atoms with Crippen molar-refractivity contribution in [3.8, 4) is 5.75 Å². The summed E-state index contributed by atoms with van der Waals surface area (Å²) in [5, 5.41) is 0. The fourth-order valence-electron chi connectivity index (χ4n) is 1.58. The number of carbonyl (C=O) groups is 1. The van der Waals surface area contributed by atoms with Gasteiger partial charge in [0.2, 0.25) is 0 Å². The Bertz CT molecular complexity index is 421. The van der Waals surface area contributed by atoms with Crippen molar-refractivity contribution < 1.29 is 14.3 Å². The highest BCUT2D eigenvalue weighted by Gasteiger charge is 2.18. The molecule has 2 unspecified atom stereocenters. The molecule has 0 heterocycles. The van der Waals surface area contributed by atoms with Gasteiger partial charge in [-0.2, -0.15) is 0 Å². The van der Waals surface area contributed by atoms with Crippen LogP contribution in [0.15, 0.2) is 22.7 Å². The molecule has 0 amide bonds. The van der Waals surface area contributed by atoms with Crippen LogP contribution < -0.4 is 10.5 Å². The van der Waals surface area contributed by atoms with E-state index in [0.29, 0.717) is 12.2 Å². The minimum atomic E-state index is -0.652. The average Bonchev–Trinajstić information content (AvgIpc) is 2.31. The van der Waals surface area contributed by atoms with Gasteiger partial charge >= 0.3 is 5.97 Å². The van der Waals surface area contributed by atoms with Gasteiger partial charge in [-0.25, -0.2) is 4.79 Å². The van der Waals surface area contributed by atoms with Crippen LogP contribution in [0.2, 0.25) is 0 Å². The summed E-state index contributed by atoms with van der Waals surface area (Å²) < 4.78 is 11.1. The van der Waals surface area contributed by atoms with Crippen LogP contribution in [0, 0.1) is 0 Å². The molecular formula is C13H18BrNO3. The molecule has 0 fully saturated rings. The van der Waals surface area contributed by atoms with E-state index in [9.17, 15) is 4.79 Å². The molecule has 4 nitrogen and oxygen atoms in total. The zero-order valence-corrected chi connectivity index (χ0v) is 12.4. The first-order valence-corrected chi connectivity index (χ1v) is 6.52. The van der Waals surface area contributed by atoms with E-state index in [-0.39, 0.29) is 6.04 Å². The molecule has 1 aromatic carbocycles. The van der Waals surface area contributed by atoms with Gasteiger partial charge in [0, 0.05) is 6.04 Å². The third kappa shape index (κ3) is 3.99. The Hall–Kier alpha value is -1.07. The molecule has 0 saturated heterocycles. The first-order valence-electron chi connectivity index (χ1n) is 5.73. The number of para-hydroxylation sites is 1. The maximum absolute atomic E-state index is 11.4. The van der Waals surface area contributed by atoms with Crippen molar-refractivity contribution in [2.45, 2.75) is 32.4 Å². The lowest BCUT2D eigenvalue weighted by atomic mass is 10.1. The fraction of sp³-hybridized carbons (Fsp3) is 0.462. The summed E-state index contributed by atoms with van der Waals surface area (Å²) in [7, 11) is 1.34. The summed E-state index contributed by atoms with van der Waals surface area (Å²) in [5.41, 5.74) is 6.77. The second kappa shape index (κ2) is 6.75. The Labute approximate surface area is 116 Å². The van der Waals surface area contributed by atoms with E-state index in [1.807, 2.05) is 25.1 Å². The van der Waals surface area contributed by atoms with E-state index in [4.69, 9.17) is 10.5 Å². The molecule has 0 spiro atoms. The standard InChI is InChI=1S/C13H18BrNO3/c1-8(15)7-10-5-4-6-11(14)12(10)18-9(2)13(16)17-3/h4-6,8-9H,7,15H2,1-3H3. The monoisotopic (exact) mass is 315 g/mol. The highest BCUT2D eigenvalue weighted by molar-refractivity contribution is 9.10. The summed E-state index contributed by atoms with van der Waals surface area (Å²) in [4.78, 5) is 11.4. The van der Waals surface area contributed by atoms with Gasteiger partial charge in [0.25, 0.3) is 0 Å². The highest BCUT2D eigenvalue weighted by atomic mass is 79.9. The fourth-order valence-corrected chi connectivity index (χ4v) is 2.08. The van der Waals surface area contributed by atoms with E-state index < -0.39 is 12.1 Å². The topological polar surface area (TPSA) is 61.5 Å². The molecule has 100 valence electrons. The van der Waals surface area contributed by atoms with Gasteiger partial charge in [-0.05, 0) is 47.8 Å². The van der Waals surface area contributed by atoms with Gasteiger partial charge in [-0.3, -0.25) is 0 Å². The van der Waals surface area contributed by atoms with Crippen LogP contribution in [-0.4, -0.2) is 25.2 Å². The first-order chi connectivity index (χ1) is 8.45. The molecule has 0 radical (unpaired) electrons. The molecule has 0 aliphatic heterocycles. The van der Waals surface area contributed by atoms with Crippen molar-refractivity contribution in [3.05, 3.63) is 28.2 Å². The van der Waals surface area contributed by atoms with Crippen molar-refractivity contribution in [1.82, 2.24) is 0 Å². The van der Waals surface area contributed by atoms with Gasteiger partial charge in [0.05, 0.1) is 11.6 Å². The van der Waals surface area contributed by atoms with Crippen molar-refractivity contribution in [1.29, 1.82) is 0 Å². The number of benzene rings is 1. The number of ether oxygens (including phenoxy) is 2. The smallest absolute Gasteiger partial charge is 0.346 e. The lowest BCUT2D eigenvalue weighted by Gasteiger charge is -2.18. The molecule has 1 rings (SSSR count). The number of rotatable bonds is 5. The molecular weight excluding hydrogens is 298 g/mol. The van der Waals surface area contributed by atoms with Crippen LogP contribution in [0.3, 0.4) is 0 Å². The Morgan fingerprint density at radius 2 is 2.11 bits per heavy atom. The van der Waals surface area contributed by atoms with Crippen LogP contribution >= 0.6 is 15.9 Å². The molecule has 2 N–H and O–H groups in total. The number of halogens is 1. The lowest BCUT2D eigenvalue weighted by Crippen LogP contribution is -2.26. The second-order valence-electron chi connectivity index (χ2n) is 4.19. The van der Waals surface area contributed by atoms with E-state index in [1.54, 1.807) is 6.92 Å². The molecule has 5 heteroatoms. The van der Waals surface area contributed by atoms with Crippen LogP contribution in [0.4, 0.5) is 0 Å². The quantitative estimate of drug-likeness (QED) is 0.847. The van der Waals surface area contributed by atoms with Gasteiger partial charge in [0.15, 0.2) is 6.10 Å². The lowest BCUT2D eigenvalue weighted by molar-refractivity contribution is -0.147. The number of hydrogen-bond acceptors (Lipinski definition) is 4. The van der Waals surface area contributed by atoms with Gasteiger partial charge in [0.1, 0.15) is 5.75 Å². The van der Waals surface area contributed by atoms with Crippen molar-refractivity contribution >= 4 is 21.9 Å². The number of methoxy groups -OCH3 is 1. The predicted octanol–water partition coefficient (Wildman–Crippen LogP) is 2.28. The molecule has 0 aliphatic rings. The summed E-state index contributed by atoms with van der Waals surface area (Å²) in [6, 6.07) is 5.74. The normalized spacial score (nSPS) is 13.8. The molecule has 0 aliphatic carbocycles. The molecule has 2 atom stereocenters. The molecule has 0 aromatic heterocycles. The van der Waals surface area contributed by atoms with Crippen molar-refractivity contribution in [3.63, 3.8) is 0 Å². The number of nitrogens with two attached hydrogens (primary N) is 1. The van der Waals surface area contributed by atoms with E-state index in [0.717, 1.165) is 10.0 Å². The zero-order chi connectivity index (χ0) is 13.7. The minimum absolute atomic E-state index is 0.0232. The Balaban J connectivity index is 2.95. The Kier molecular flexibility index (Phi) is 5.62. The predicted molar refractivity (Wildman–Crippen MR) is 73.6 cm³/mol. The van der Waals surface area contributed by atoms with Gasteiger partial charge in [-0.15, -0.1) is 0 Å². The SMILES string of the molecule is COC(=O)C(C)Oc1c(Br)cccc1CC(C)N. The number of carbonyl (C=O) groups excluding carboxylic acids is 1. The third-order valence-corrected chi connectivity index (χ3v) is 3.04. The summed E-state index contributed by atoms with van der Waals surface area (Å²) in [6.45, 7) is 3.58. The summed E-state index contributed by atoms with van der Waals surface area (Å²) in [6.07, 6.45) is 0.0309. The Morgan fingerprint density at radius 1 is 1.44 bits per heavy atom. The summed E-state index contributed by atoms with van der Waals surface area (Å²) >= 11 is 3.42. The van der Waals surface area contributed by atoms with Crippen LogP contribution in [-0.2, 0) is 16.0 Å². The van der Waals surface area contributed by atoms with E-state index in [1.165, 1.54) is 7.11 Å². The Morgan fingerprint density at radius 3 is 2.67 bits per heavy atom. The first kappa shape index (κ1) is 15.0. The van der Waals surface area contributed by atoms with Crippen LogP contribution in [0.1, 0.15) is 19.4 Å². The molecule has 18 heavy (non-hydrogen) atoms. The van der Waals surface area contributed by atoms with Crippen LogP contribution in [0.25, 0.3) is 0 Å². The zero-order valence-electron chi connectivity index (χ0n) is 10.8. The minimum Gasteiger partial charge on any atom is -0.478 e. The third-order valence-electron chi connectivity index (χ3n) is 2.42. The number of esters is 1. The van der Waals surface area contributed by atoms with Crippen LogP contribution in [0.5, 0.6) is 5.75 Å². The van der Waals surface area contributed by atoms with E-state index >= 15 is 0 Å².